The summed E-state index contributed by atoms with van der Waals surface area (Å²) in [7, 11) is -3.71. The van der Waals surface area contributed by atoms with Crippen LogP contribution in [0.2, 0.25) is 5.02 Å². The number of aromatic nitrogens is 3. The summed E-state index contributed by atoms with van der Waals surface area (Å²) >= 11 is 6.17. The first-order chi connectivity index (χ1) is 14.3. The lowest BCUT2D eigenvalue weighted by Crippen LogP contribution is -2.30. The minimum atomic E-state index is -3.71. The van der Waals surface area contributed by atoms with E-state index in [0.29, 0.717) is 24.6 Å². The Labute approximate surface area is 180 Å². The molecule has 0 aliphatic heterocycles. The van der Waals surface area contributed by atoms with E-state index >= 15 is 0 Å². The van der Waals surface area contributed by atoms with E-state index in [2.05, 4.69) is 15.3 Å². The predicted molar refractivity (Wildman–Crippen MR) is 116 cm³/mol. The molecular weight excluding hydrogens is 426 g/mol. The van der Waals surface area contributed by atoms with Crippen molar-refractivity contribution in [1.29, 1.82) is 0 Å². The average Bonchev–Trinajstić information content (AvgIpc) is 3.15. The molecule has 2 heterocycles. The van der Waals surface area contributed by atoms with E-state index in [9.17, 15) is 13.2 Å². The van der Waals surface area contributed by atoms with E-state index < -0.39 is 15.9 Å². The van der Waals surface area contributed by atoms with Crippen LogP contribution in [-0.2, 0) is 10.0 Å². The second-order valence-corrected chi connectivity index (χ2v) is 8.78. The van der Waals surface area contributed by atoms with Gasteiger partial charge in [-0.05, 0) is 37.3 Å². The van der Waals surface area contributed by atoms with E-state index in [1.54, 1.807) is 38.4 Å². The van der Waals surface area contributed by atoms with Crippen LogP contribution in [-0.4, -0.2) is 46.3 Å². The molecule has 1 amide bonds. The number of rotatable bonds is 7. The first kappa shape index (κ1) is 21.9. The standard InChI is InChI=1S/C20H22ClN5O3S/c1-4-25(5-2)30(28,29)16-7-8-18(21)17(12-16)20(27)24-15-6-9-19(23-13-15)26-11-10-22-14(26)3/h6-13H,4-5H2,1-3H3,(H,24,27). The summed E-state index contributed by atoms with van der Waals surface area (Å²) in [6.45, 7) is 6.03. The number of halogens is 1. The van der Waals surface area contributed by atoms with Crippen molar-refractivity contribution in [1.82, 2.24) is 18.8 Å². The summed E-state index contributed by atoms with van der Waals surface area (Å²) in [6.07, 6.45) is 4.97. The molecule has 2 aromatic heterocycles. The molecule has 0 fully saturated rings. The maximum Gasteiger partial charge on any atom is 0.257 e. The minimum absolute atomic E-state index is 0.0183. The Hall–Kier alpha value is -2.75. The lowest BCUT2D eigenvalue weighted by Gasteiger charge is -2.19. The minimum Gasteiger partial charge on any atom is -0.321 e. The lowest BCUT2D eigenvalue weighted by molar-refractivity contribution is 0.102. The highest BCUT2D eigenvalue weighted by Crippen LogP contribution is 2.24. The molecule has 8 nitrogen and oxygen atoms in total. The van der Waals surface area contributed by atoms with Crippen molar-refractivity contribution in [3.8, 4) is 5.82 Å². The molecule has 1 N–H and O–H groups in total. The fourth-order valence-corrected chi connectivity index (χ4v) is 4.66. The summed E-state index contributed by atoms with van der Waals surface area (Å²) in [6, 6.07) is 7.55. The van der Waals surface area contributed by atoms with Gasteiger partial charge in [0.15, 0.2) is 0 Å². The summed E-state index contributed by atoms with van der Waals surface area (Å²) in [4.78, 5) is 21.2. The van der Waals surface area contributed by atoms with Crippen molar-refractivity contribution in [3.63, 3.8) is 0 Å². The van der Waals surface area contributed by atoms with Gasteiger partial charge in [-0.1, -0.05) is 25.4 Å². The molecule has 3 rings (SSSR count). The second-order valence-electron chi connectivity index (χ2n) is 6.43. The third-order valence-electron chi connectivity index (χ3n) is 4.60. The number of nitrogens with zero attached hydrogens (tertiary/aromatic N) is 4. The van der Waals surface area contributed by atoms with E-state index in [0.717, 1.165) is 5.82 Å². The van der Waals surface area contributed by atoms with Gasteiger partial charge in [-0.3, -0.25) is 9.36 Å². The molecular formula is C20H22ClN5O3S. The van der Waals surface area contributed by atoms with Crippen LogP contribution < -0.4 is 5.32 Å². The Bertz CT molecular complexity index is 1160. The highest BCUT2D eigenvalue weighted by Gasteiger charge is 2.24. The maximum atomic E-state index is 12.8. The van der Waals surface area contributed by atoms with E-state index in [1.807, 2.05) is 11.5 Å². The van der Waals surface area contributed by atoms with Gasteiger partial charge in [-0.2, -0.15) is 4.31 Å². The van der Waals surface area contributed by atoms with Crippen LogP contribution in [0.5, 0.6) is 0 Å². The fourth-order valence-electron chi connectivity index (χ4n) is 2.97. The van der Waals surface area contributed by atoms with E-state index in [-0.39, 0.29) is 15.5 Å². The van der Waals surface area contributed by atoms with Crippen LogP contribution in [0, 0.1) is 6.92 Å². The summed E-state index contributed by atoms with van der Waals surface area (Å²) in [5.74, 6) is 0.926. The largest absolute Gasteiger partial charge is 0.321 e. The van der Waals surface area contributed by atoms with Crippen LogP contribution in [0.4, 0.5) is 5.69 Å². The number of hydrogen-bond donors (Lipinski definition) is 1. The van der Waals surface area contributed by atoms with Crippen molar-refractivity contribution in [2.24, 2.45) is 0 Å². The number of aryl methyl sites for hydroxylation is 1. The Kier molecular flexibility index (Phi) is 6.55. The van der Waals surface area contributed by atoms with Gasteiger partial charge in [0, 0.05) is 25.5 Å². The third kappa shape index (κ3) is 4.38. The van der Waals surface area contributed by atoms with Gasteiger partial charge >= 0.3 is 0 Å². The van der Waals surface area contributed by atoms with Gasteiger partial charge in [0.25, 0.3) is 5.91 Å². The van der Waals surface area contributed by atoms with Crippen LogP contribution in [0.3, 0.4) is 0 Å². The number of nitrogens with one attached hydrogen (secondary N) is 1. The summed E-state index contributed by atoms with van der Waals surface area (Å²) in [5, 5.41) is 2.86. The molecule has 158 valence electrons. The summed E-state index contributed by atoms with van der Waals surface area (Å²) < 4.78 is 28.6. The first-order valence-electron chi connectivity index (χ1n) is 9.35. The SMILES string of the molecule is CCN(CC)S(=O)(=O)c1ccc(Cl)c(C(=O)Nc2ccc(-n3ccnc3C)nc2)c1. The maximum absolute atomic E-state index is 12.8. The molecule has 0 radical (unpaired) electrons. The molecule has 1 aromatic carbocycles. The topological polar surface area (TPSA) is 97.2 Å². The zero-order chi connectivity index (χ0) is 21.9. The van der Waals surface area contributed by atoms with Crippen molar-refractivity contribution in [2.45, 2.75) is 25.7 Å². The van der Waals surface area contributed by atoms with E-state index in [4.69, 9.17) is 11.6 Å². The number of carbonyl (C=O) groups is 1. The van der Waals surface area contributed by atoms with Crippen LogP contribution in [0.15, 0.2) is 53.8 Å². The molecule has 0 bridgehead atoms. The molecule has 0 saturated heterocycles. The lowest BCUT2D eigenvalue weighted by atomic mass is 10.2. The van der Waals surface area contributed by atoms with Crippen LogP contribution >= 0.6 is 11.6 Å². The predicted octanol–water partition coefficient (Wildman–Crippen LogP) is 3.51. The Morgan fingerprint density at radius 2 is 1.90 bits per heavy atom. The molecule has 0 unspecified atom stereocenters. The zero-order valence-electron chi connectivity index (χ0n) is 16.8. The van der Waals surface area contributed by atoms with Crippen LogP contribution in [0.25, 0.3) is 5.82 Å². The Morgan fingerprint density at radius 3 is 2.47 bits per heavy atom. The highest BCUT2D eigenvalue weighted by molar-refractivity contribution is 7.89. The zero-order valence-corrected chi connectivity index (χ0v) is 18.4. The average molecular weight is 448 g/mol. The molecule has 30 heavy (non-hydrogen) atoms. The number of anilines is 1. The monoisotopic (exact) mass is 447 g/mol. The molecule has 0 saturated carbocycles. The van der Waals surface area contributed by atoms with Crippen molar-refractivity contribution in [2.75, 3.05) is 18.4 Å². The van der Waals surface area contributed by atoms with Gasteiger partial charge in [0.05, 0.1) is 27.4 Å². The van der Waals surface area contributed by atoms with Crippen molar-refractivity contribution in [3.05, 3.63) is 65.3 Å². The van der Waals surface area contributed by atoms with Gasteiger partial charge < -0.3 is 5.32 Å². The van der Waals surface area contributed by atoms with Gasteiger partial charge in [-0.15, -0.1) is 0 Å². The van der Waals surface area contributed by atoms with Crippen molar-refractivity contribution < 1.29 is 13.2 Å². The normalized spacial score (nSPS) is 11.6. The number of carbonyl (C=O) groups excluding carboxylic acids is 1. The Balaban J connectivity index is 1.84. The number of benzene rings is 1. The fraction of sp³-hybridized carbons (Fsp3) is 0.250. The number of sulfonamides is 1. The molecule has 10 heteroatoms. The number of pyridine rings is 1. The Morgan fingerprint density at radius 1 is 1.17 bits per heavy atom. The van der Waals surface area contributed by atoms with Gasteiger partial charge in [-0.25, -0.2) is 18.4 Å². The molecule has 0 atom stereocenters. The number of amides is 1. The van der Waals surface area contributed by atoms with Crippen molar-refractivity contribution >= 4 is 33.2 Å². The molecule has 3 aromatic rings. The molecule has 0 aliphatic rings. The third-order valence-corrected chi connectivity index (χ3v) is 6.98. The quantitative estimate of drug-likeness (QED) is 0.597. The number of hydrogen-bond acceptors (Lipinski definition) is 5. The van der Waals surface area contributed by atoms with Gasteiger partial charge in [0.1, 0.15) is 11.6 Å². The summed E-state index contributed by atoms with van der Waals surface area (Å²) in [5.41, 5.74) is 0.522. The van der Waals surface area contributed by atoms with E-state index in [1.165, 1.54) is 28.7 Å². The number of imidazole rings is 1. The second kappa shape index (κ2) is 8.95. The molecule has 0 aliphatic carbocycles. The molecule has 0 spiro atoms. The first-order valence-corrected chi connectivity index (χ1v) is 11.2. The van der Waals surface area contributed by atoms with Crippen LogP contribution in [0.1, 0.15) is 30.0 Å². The highest BCUT2D eigenvalue weighted by atomic mass is 35.5. The smallest absolute Gasteiger partial charge is 0.257 e. The van der Waals surface area contributed by atoms with Gasteiger partial charge in [0.2, 0.25) is 10.0 Å².